The monoisotopic (exact) mass is 205 g/mol. The molecule has 1 fully saturated rings. The van der Waals surface area contributed by atoms with Gasteiger partial charge in [0.25, 0.3) is 0 Å². The highest BCUT2D eigenvalue weighted by Crippen LogP contribution is 2.31. The second-order valence-electron chi connectivity index (χ2n) is 3.85. The van der Waals surface area contributed by atoms with Crippen molar-refractivity contribution in [3.8, 4) is 0 Å². The van der Waals surface area contributed by atoms with Crippen LogP contribution in [-0.2, 0) is 0 Å². The third-order valence-corrected chi connectivity index (χ3v) is 3.01. The van der Waals surface area contributed by atoms with Gasteiger partial charge in [0.05, 0.1) is 0 Å². The Hall–Kier alpha value is -1.42. The first-order valence-electron chi connectivity index (χ1n) is 5.16. The van der Waals surface area contributed by atoms with Crippen molar-refractivity contribution in [1.29, 1.82) is 0 Å². The Morgan fingerprint density at radius 1 is 1.40 bits per heavy atom. The number of rotatable bonds is 1. The van der Waals surface area contributed by atoms with Crippen LogP contribution in [-0.4, -0.2) is 24.1 Å². The summed E-state index contributed by atoms with van der Waals surface area (Å²) in [5.74, 6) is 0.986. The normalized spacial score (nSPS) is 24.2. The van der Waals surface area contributed by atoms with Crippen LogP contribution in [0.1, 0.15) is 17.9 Å². The lowest BCUT2D eigenvalue weighted by Gasteiger charge is -2.13. The van der Waals surface area contributed by atoms with E-state index >= 15 is 0 Å². The van der Waals surface area contributed by atoms with Crippen molar-refractivity contribution in [1.82, 2.24) is 10.4 Å². The molecule has 1 N–H and O–H groups in total. The van der Waals surface area contributed by atoms with Gasteiger partial charge in [-0.25, -0.2) is 9.82 Å². The molecule has 1 aromatic rings. The maximum absolute atomic E-state index is 13.6. The molecule has 0 saturated carbocycles. The minimum absolute atomic E-state index is 0.126. The largest absolute Gasteiger partial charge is 0.294 e. The number of halogens is 1. The number of amidine groups is 1. The maximum Gasteiger partial charge on any atom is 0.127 e. The molecule has 1 aromatic carbocycles. The van der Waals surface area contributed by atoms with Gasteiger partial charge in [0.1, 0.15) is 18.3 Å². The Balaban J connectivity index is 1.98. The average Bonchev–Trinajstić information content (AvgIpc) is 2.80. The van der Waals surface area contributed by atoms with Crippen LogP contribution in [0.3, 0.4) is 0 Å². The molecule has 1 unspecified atom stereocenters. The molecule has 1 atom stereocenters. The fraction of sp³-hybridized carbons (Fsp3) is 0.364. The fourth-order valence-corrected chi connectivity index (χ4v) is 2.30. The zero-order valence-electron chi connectivity index (χ0n) is 8.28. The summed E-state index contributed by atoms with van der Waals surface area (Å²) in [6.07, 6.45) is 0.937. The lowest BCUT2D eigenvalue weighted by molar-refractivity contribution is 0.366. The Morgan fingerprint density at radius 3 is 3.13 bits per heavy atom. The van der Waals surface area contributed by atoms with E-state index in [1.54, 1.807) is 6.07 Å². The first kappa shape index (κ1) is 8.85. The molecule has 3 nitrogen and oxygen atoms in total. The Bertz CT molecular complexity index is 416. The number of nitrogens with zero attached hydrogens (tertiary/aromatic N) is 2. The lowest BCUT2D eigenvalue weighted by atomic mass is 9.97. The van der Waals surface area contributed by atoms with Crippen molar-refractivity contribution in [2.45, 2.75) is 12.3 Å². The minimum atomic E-state index is -0.126. The third-order valence-electron chi connectivity index (χ3n) is 3.01. The van der Waals surface area contributed by atoms with E-state index in [1.165, 1.54) is 6.07 Å². The van der Waals surface area contributed by atoms with E-state index in [4.69, 9.17) is 0 Å². The highest BCUT2D eigenvalue weighted by molar-refractivity contribution is 5.91. The molecule has 0 spiro atoms. The van der Waals surface area contributed by atoms with Crippen LogP contribution in [0, 0.1) is 5.82 Å². The van der Waals surface area contributed by atoms with Crippen LogP contribution in [0.2, 0.25) is 0 Å². The molecule has 0 aromatic heterocycles. The van der Waals surface area contributed by atoms with E-state index in [0.717, 1.165) is 24.4 Å². The highest BCUT2D eigenvalue weighted by Gasteiger charge is 2.34. The summed E-state index contributed by atoms with van der Waals surface area (Å²) in [7, 11) is 0. The van der Waals surface area contributed by atoms with Crippen LogP contribution >= 0.6 is 0 Å². The first-order valence-corrected chi connectivity index (χ1v) is 5.16. The number of hydrogen-bond donors (Lipinski definition) is 1. The van der Waals surface area contributed by atoms with E-state index in [-0.39, 0.29) is 11.7 Å². The van der Waals surface area contributed by atoms with Gasteiger partial charge >= 0.3 is 0 Å². The van der Waals surface area contributed by atoms with Crippen LogP contribution in [0.15, 0.2) is 29.3 Å². The predicted molar refractivity (Wildman–Crippen MR) is 55.9 cm³/mol. The molecule has 0 amide bonds. The van der Waals surface area contributed by atoms with Crippen molar-refractivity contribution in [2.24, 2.45) is 4.99 Å². The first-order chi connectivity index (χ1) is 7.36. The van der Waals surface area contributed by atoms with Crippen molar-refractivity contribution >= 4 is 5.84 Å². The highest BCUT2D eigenvalue weighted by atomic mass is 19.1. The van der Waals surface area contributed by atoms with Gasteiger partial charge in [0.15, 0.2) is 0 Å². The van der Waals surface area contributed by atoms with Gasteiger partial charge in [-0.1, -0.05) is 18.2 Å². The number of benzene rings is 1. The number of hydrogen-bond acceptors (Lipinski definition) is 3. The molecule has 2 aliphatic rings. The molecule has 15 heavy (non-hydrogen) atoms. The molecule has 1 saturated heterocycles. The zero-order chi connectivity index (χ0) is 10.3. The summed E-state index contributed by atoms with van der Waals surface area (Å²) in [6.45, 7) is 1.54. The van der Waals surface area contributed by atoms with Gasteiger partial charge < -0.3 is 0 Å². The molecule has 3 rings (SSSR count). The minimum Gasteiger partial charge on any atom is -0.294 e. The zero-order valence-corrected chi connectivity index (χ0v) is 8.28. The summed E-state index contributed by atoms with van der Waals surface area (Å²) < 4.78 is 13.6. The van der Waals surface area contributed by atoms with E-state index < -0.39 is 0 Å². The predicted octanol–water partition coefficient (Wildman–Crippen LogP) is 1.49. The van der Waals surface area contributed by atoms with Gasteiger partial charge in [0.2, 0.25) is 0 Å². The molecule has 4 heteroatoms. The van der Waals surface area contributed by atoms with Crippen molar-refractivity contribution < 1.29 is 4.39 Å². The van der Waals surface area contributed by atoms with Crippen LogP contribution in [0.5, 0.6) is 0 Å². The van der Waals surface area contributed by atoms with Gasteiger partial charge in [-0.15, -0.1) is 0 Å². The maximum atomic E-state index is 13.6. The molecule has 78 valence electrons. The smallest absolute Gasteiger partial charge is 0.127 e. The average molecular weight is 205 g/mol. The quantitative estimate of drug-likeness (QED) is 0.752. The summed E-state index contributed by atoms with van der Waals surface area (Å²) >= 11 is 0. The molecule has 0 aliphatic carbocycles. The van der Waals surface area contributed by atoms with Crippen LogP contribution < -0.4 is 5.43 Å². The van der Waals surface area contributed by atoms with Gasteiger partial charge in [-0.2, -0.15) is 0 Å². The number of fused-ring (bicyclic) bond motifs is 1. The summed E-state index contributed by atoms with van der Waals surface area (Å²) in [5.41, 5.74) is 3.91. The third kappa shape index (κ3) is 1.33. The molecular weight excluding hydrogens is 193 g/mol. The molecule has 0 radical (unpaired) electrons. The SMILES string of the molecule is Fc1ccccc1C1CCN2NCN=C12. The summed E-state index contributed by atoms with van der Waals surface area (Å²) in [6, 6.07) is 6.97. The fourth-order valence-electron chi connectivity index (χ4n) is 2.30. The second kappa shape index (κ2) is 3.31. The molecule has 2 heterocycles. The van der Waals surface area contributed by atoms with Gasteiger partial charge in [0, 0.05) is 12.5 Å². The van der Waals surface area contributed by atoms with E-state index in [9.17, 15) is 4.39 Å². The van der Waals surface area contributed by atoms with Crippen molar-refractivity contribution in [2.75, 3.05) is 13.2 Å². The molecule has 2 aliphatic heterocycles. The second-order valence-corrected chi connectivity index (χ2v) is 3.85. The number of nitrogens with one attached hydrogen (secondary N) is 1. The topological polar surface area (TPSA) is 27.6 Å². The Morgan fingerprint density at radius 2 is 2.27 bits per heavy atom. The van der Waals surface area contributed by atoms with E-state index in [2.05, 4.69) is 10.4 Å². The number of aliphatic imine (C=N–C) groups is 1. The van der Waals surface area contributed by atoms with Crippen LogP contribution in [0.4, 0.5) is 4.39 Å². The molecular formula is C11H12FN3. The molecule has 0 bridgehead atoms. The lowest BCUT2D eigenvalue weighted by Crippen LogP contribution is -2.33. The number of hydrazine groups is 1. The van der Waals surface area contributed by atoms with Crippen LogP contribution in [0.25, 0.3) is 0 Å². The van der Waals surface area contributed by atoms with Crippen molar-refractivity contribution in [3.05, 3.63) is 35.6 Å². The summed E-state index contributed by atoms with van der Waals surface area (Å²) in [5, 5.41) is 2.02. The van der Waals surface area contributed by atoms with Gasteiger partial charge in [-0.05, 0) is 18.1 Å². The standard InChI is InChI=1S/C11H12FN3/c12-10-4-2-1-3-8(10)9-5-6-15-11(9)13-7-14-15/h1-4,9,14H,5-7H2. The Kier molecular flexibility index (Phi) is 1.95. The van der Waals surface area contributed by atoms with Gasteiger partial charge in [-0.3, -0.25) is 10.0 Å². The van der Waals surface area contributed by atoms with E-state index in [0.29, 0.717) is 6.67 Å². The summed E-state index contributed by atoms with van der Waals surface area (Å²) in [4.78, 5) is 4.36. The Labute approximate surface area is 87.6 Å². The van der Waals surface area contributed by atoms with Crippen molar-refractivity contribution in [3.63, 3.8) is 0 Å². The van der Waals surface area contributed by atoms with E-state index in [1.807, 2.05) is 17.1 Å².